The Bertz CT molecular complexity index is 2070. The average molecular weight is 784 g/mol. The molecule has 1 saturated heterocycles. The highest BCUT2D eigenvalue weighted by molar-refractivity contribution is 7.90. The molecule has 0 bridgehead atoms. The molecule has 0 radical (unpaired) electrons. The van der Waals surface area contributed by atoms with E-state index in [0.29, 0.717) is 18.3 Å². The third kappa shape index (κ3) is 8.13. The Balaban J connectivity index is 1.12. The first-order valence-electron chi connectivity index (χ1n) is 19.5. The summed E-state index contributed by atoms with van der Waals surface area (Å²) in [6, 6.07) is 3.31. The van der Waals surface area contributed by atoms with Gasteiger partial charge in [0.1, 0.15) is 0 Å². The molecule has 294 valence electrons. The normalized spacial score (nSPS) is 22.0. The Hall–Kier alpha value is -3.69. The number of methoxy groups -OCH3 is 1. The molecule has 2 aromatic carbocycles. The van der Waals surface area contributed by atoms with Crippen molar-refractivity contribution < 1.29 is 36.0 Å². The first-order valence-corrected chi connectivity index (χ1v) is 22.8. The van der Waals surface area contributed by atoms with E-state index in [2.05, 4.69) is 55.7 Å². The van der Waals surface area contributed by atoms with Gasteiger partial charge in [-0.1, -0.05) is 12.1 Å². The monoisotopic (exact) mass is 783 g/mol. The highest BCUT2D eigenvalue weighted by atomic mass is 32.2. The summed E-state index contributed by atoms with van der Waals surface area (Å²) in [5.74, 6) is -1.21. The number of sulfonamides is 2. The van der Waals surface area contributed by atoms with E-state index < -0.39 is 43.8 Å². The zero-order valence-electron chi connectivity index (χ0n) is 31.5. The minimum atomic E-state index is -4.09. The number of aryl methyl sites for hydroxylation is 3. The zero-order valence-corrected chi connectivity index (χ0v) is 33.1. The van der Waals surface area contributed by atoms with Gasteiger partial charge in [0.15, 0.2) is 0 Å². The topological polar surface area (TPSA) is 180 Å². The quantitative estimate of drug-likeness (QED) is 0.228. The molecule has 4 amide bonds. The number of hydrogen-bond acceptors (Lipinski definition) is 9. The molecule has 0 spiro atoms. The second-order valence-corrected chi connectivity index (χ2v) is 19.7. The van der Waals surface area contributed by atoms with Crippen molar-refractivity contribution in [2.75, 3.05) is 42.3 Å². The average Bonchev–Trinajstić information content (AvgIpc) is 3.93. The zero-order chi connectivity index (χ0) is 38.4. The van der Waals surface area contributed by atoms with E-state index in [0.717, 1.165) is 123 Å². The number of nitrogens with zero attached hydrogens (tertiary/aromatic N) is 1. The number of benzene rings is 2. The molecule has 5 aliphatic rings. The van der Waals surface area contributed by atoms with Gasteiger partial charge in [-0.2, -0.15) is 0 Å². The van der Waals surface area contributed by atoms with Gasteiger partial charge < -0.3 is 20.3 Å². The molecule has 3 unspecified atom stereocenters. The smallest absolute Gasteiger partial charge is 0.332 e. The van der Waals surface area contributed by atoms with Crippen molar-refractivity contribution in [3.05, 3.63) is 56.6 Å². The van der Waals surface area contributed by atoms with E-state index in [-0.39, 0.29) is 29.9 Å². The van der Waals surface area contributed by atoms with Gasteiger partial charge in [-0.25, -0.2) is 35.9 Å². The summed E-state index contributed by atoms with van der Waals surface area (Å²) in [6.45, 7) is 5.89. The molecule has 1 fully saturated rings. The van der Waals surface area contributed by atoms with Gasteiger partial charge in [0.05, 0.1) is 25.0 Å². The van der Waals surface area contributed by atoms with Gasteiger partial charge in [0.25, 0.3) is 0 Å². The molecule has 1 aliphatic heterocycles. The maximum atomic E-state index is 13.5. The number of piperidine rings is 1. The summed E-state index contributed by atoms with van der Waals surface area (Å²) in [5, 5.41) is 5.96. The fourth-order valence-electron chi connectivity index (χ4n) is 9.88. The molecule has 3 atom stereocenters. The Morgan fingerprint density at radius 3 is 2.11 bits per heavy atom. The Kier molecular flexibility index (Phi) is 11.0. The predicted molar refractivity (Wildman–Crippen MR) is 207 cm³/mol. The molecule has 0 aromatic heterocycles. The van der Waals surface area contributed by atoms with E-state index in [4.69, 9.17) is 0 Å². The SMILES string of the molecule is COC(=O)CCS(=O)(=O)NC(=O)Nc1c2c(cc3c1C(C1CCc4c1cc1c(c4NC(=O)NS(=O)(=O)CC4CCCN(C(C)C)C4)CCC1)CC3)CCC2. The lowest BCUT2D eigenvalue weighted by atomic mass is 9.81. The minimum Gasteiger partial charge on any atom is -0.469 e. The number of rotatable bonds is 11. The number of nitrogens with one attached hydrogen (secondary N) is 4. The largest absolute Gasteiger partial charge is 0.469 e. The number of carbonyl (C=O) groups is 3. The fourth-order valence-corrected chi connectivity index (χ4v) is 12.1. The molecule has 15 heteroatoms. The number of esters is 1. The van der Waals surface area contributed by atoms with Gasteiger partial charge in [0.2, 0.25) is 20.0 Å². The number of ether oxygens (including phenoxy) is 1. The van der Waals surface area contributed by atoms with Crippen LogP contribution in [0.1, 0.15) is 115 Å². The van der Waals surface area contributed by atoms with E-state index in [1.165, 1.54) is 18.2 Å². The molecule has 7 rings (SSSR count). The summed E-state index contributed by atoms with van der Waals surface area (Å²) in [4.78, 5) is 40.6. The van der Waals surface area contributed by atoms with Crippen LogP contribution in [0.2, 0.25) is 0 Å². The molecule has 0 saturated carbocycles. The van der Waals surface area contributed by atoms with Gasteiger partial charge in [-0.3, -0.25) is 4.79 Å². The molecule has 4 aliphatic carbocycles. The van der Waals surface area contributed by atoms with Crippen molar-refractivity contribution >= 4 is 49.5 Å². The third-order valence-corrected chi connectivity index (χ3v) is 14.9. The first kappa shape index (κ1) is 38.6. The number of hydrogen-bond donors (Lipinski definition) is 4. The Morgan fingerprint density at radius 2 is 1.41 bits per heavy atom. The molecule has 13 nitrogen and oxygen atoms in total. The summed E-state index contributed by atoms with van der Waals surface area (Å²) in [7, 11) is -6.77. The number of carbonyl (C=O) groups excluding carboxylic acids is 3. The van der Waals surface area contributed by atoms with Crippen molar-refractivity contribution in [3.63, 3.8) is 0 Å². The Morgan fingerprint density at radius 1 is 0.759 bits per heavy atom. The number of urea groups is 2. The summed E-state index contributed by atoms with van der Waals surface area (Å²) < 4.78 is 60.8. The first-order chi connectivity index (χ1) is 25.7. The Labute approximate surface area is 318 Å². The van der Waals surface area contributed by atoms with E-state index in [9.17, 15) is 31.2 Å². The number of likely N-dealkylation sites (tertiary alicyclic amines) is 1. The van der Waals surface area contributed by atoms with Crippen LogP contribution in [-0.2, 0) is 68.1 Å². The maximum absolute atomic E-state index is 13.5. The van der Waals surface area contributed by atoms with Crippen LogP contribution in [0.25, 0.3) is 0 Å². The van der Waals surface area contributed by atoms with Crippen LogP contribution in [0.3, 0.4) is 0 Å². The summed E-state index contributed by atoms with van der Waals surface area (Å²) in [6.07, 6.45) is 9.89. The summed E-state index contributed by atoms with van der Waals surface area (Å²) in [5.41, 5.74) is 10.3. The van der Waals surface area contributed by atoms with Crippen LogP contribution in [0.5, 0.6) is 0 Å². The fraction of sp³-hybridized carbons (Fsp3) is 0.615. The third-order valence-electron chi connectivity index (χ3n) is 12.3. The molecular weight excluding hydrogens is 731 g/mol. The second kappa shape index (κ2) is 15.4. The number of fused-ring (bicyclic) bond motifs is 4. The van der Waals surface area contributed by atoms with Crippen molar-refractivity contribution in [1.82, 2.24) is 14.3 Å². The van der Waals surface area contributed by atoms with Gasteiger partial charge in [0, 0.05) is 24.0 Å². The maximum Gasteiger partial charge on any atom is 0.332 e. The van der Waals surface area contributed by atoms with Gasteiger partial charge >= 0.3 is 18.0 Å². The number of amides is 4. The lowest BCUT2D eigenvalue weighted by Gasteiger charge is -2.35. The standard InChI is InChI=1S/C39H53N5O8S2/c1-23(2)44-17-6-7-24(21-44)22-54(50,51)43-38(46)40-36-28-10-5-9-26(28)20-33-30(14-15-32(33)36)31-13-12-27-19-25-8-4-11-29(25)37(35(27)31)41-39(47)42-53(48,49)18-16-34(45)52-3/h19-20,23-24,30-31H,4-18,21-22H2,1-3H3,(H2,40,43,46)(H2,41,42,47). The van der Waals surface area contributed by atoms with Gasteiger partial charge in [-0.05, 0) is 160 Å². The van der Waals surface area contributed by atoms with Crippen molar-refractivity contribution in [2.45, 2.75) is 115 Å². The lowest BCUT2D eigenvalue weighted by molar-refractivity contribution is -0.140. The van der Waals surface area contributed by atoms with Crippen LogP contribution < -0.4 is 20.1 Å². The minimum absolute atomic E-state index is 0.0330. The molecule has 1 heterocycles. The van der Waals surface area contributed by atoms with Crippen LogP contribution in [-0.4, -0.2) is 77.5 Å². The van der Waals surface area contributed by atoms with Crippen LogP contribution in [0, 0.1) is 5.92 Å². The van der Waals surface area contributed by atoms with Crippen molar-refractivity contribution in [3.8, 4) is 0 Å². The van der Waals surface area contributed by atoms with Crippen molar-refractivity contribution in [1.29, 1.82) is 0 Å². The predicted octanol–water partition coefficient (Wildman–Crippen LogP) is 5.01. The van der Waals surface area contributed by atoms with Gasteiger partial charge in [-0.15, -0.1) is 0 Å². The molecule has 2 aromatic rings. The molecule has 54 heavy (non-hydrogen) atoms. The number of anilines is 2. The molecular formula is C39H53N5O8S2. The second-order valence-electron chi connectivity index (χ2n) is 16.1. The van der Waals surface area contributed by atoms with E-state index >= 15 is 0 Å². The summed E-state index contributed by atoms with van der Waals surface area (Å²) >= 11 is 0. The highest BCUT2D eigenvalue weighted by Crippen LogP contribution is 2.55. The van der Waals surface area contributed by atoms with E-state index in [1.54, 1.807) is 0 Å². The highest BCUT2D eigenvalue weighted by Gasteiger charge is 2.41. The van der Waals surface area contributed by atoms with Crippen LogP contribution >= 0.6 is 0 Å². The van der Waals surface area contributed by atoms with Crippen molar-refractivity contribution in [2.24, 2.45) is 5.92 Å². The van der Waals surface area contributed by atoms with Crippen LogP contribution in [0.4, 0.5) is 21.0 Å². The van der Waals surface area contributed by atoms with Crippen LogP contribution in [0.15, 0.2) is 12.1 Å². The van der Waals surface area contributed by atoms with E-state index in [1.807, 2.05) is 0 Å². The lowest BCUT2D eigenvalue weighted by Crippen LogP contribution is -2.44. The molecule has 4 N–H and O–H groups in total.